The second-order valence-corrected chi connectivity index (χ2v) is 7.26. The molecule has 1 aromatic rings. The molecule has 0 unspecified atom stereocenters. The van der Waals surface area contributed by atoms with Gasteiger partial charge in [-0.15, -0.1) is 0 Å². The minimum atomic E-state index is -3.97. The lowest BCUT2D eigenvalue weighted by Gasteiger charge is -2.15. The van der Waals surface area contributed by atoms with Crippen LogP contribution in [0.1, 0.15) is 17.3 Å². The number of hydrogen-bond donors (Lipinski definition) is 0. The van der Waals surface area contributed by atoms with Gasteiger partial charge in [0.1, 0.15) is 0 Å². The van der Waals surface area contributed by atoms with Crippen molar-refractivity contribution in [3.63, 3.8) is 0 Å². The van der Waals surface area contributed by atoms with E-state index in [1.807, 2.05) is 0 Å². The van der Waals surface area contributed by atoms with Gasteiger partial charge < -0.3 is 4.90 Å². The van der Waals surface area contributed by atoms with Gasteiger partial charge in [0, 0.05) is 29.8 Å². The first kappa shape index (κ1) is 15.8. The Hall–Kier alpha value is -0.300. The molecular weight excluding hydrogens is 365 g/mol. The Morgan fingerprint density at radius 1 is 1.44 bits per heavy atom. The van der Waals surface area contributed by atoms with E-state index in [0.717, 1.165) is 0 Å². The lowest BCUT2D eigenvalue weighted by atomic mass is 10.2. The molecule has 1 aromatic carbocycles. The molecule has 0 atom stereocenters. The third kappa shape index (κ3) is 3.38. The first-order valence-electron chi connectivity index (χ1n) is 4.87. The van der Waals surface area contributed by atoms with Gasteiger partial charge in [0.05, 0.1) is 14.4 Å². The molecule has 0 N–H and O–H groups in total. The average Bonchev–Trinajstić information content (AvgIpc) is 2.28. The SMILES string of the molecule is CCN(C)C(=O)c1cc(Cl)c(Br)c(S(=O)(=O)Cl)c1. The summed E-state index contributed by atoms with van der Waals surface area (Å²) >= 11 is 8.91. The first-order chi connectivity index (χ1) is 8.18. The Labute approximate surface area is 123 Å². The van der Waals surface area contributed by atoms with Crippen molar-refractivity contribution in [1.82, 2.24) is 4.90 Å². The molecule has 1 rings (SSSR count). The van der Waals surface area contributed by atoms with Crippen molar-refractivity contribution < 1.29 is 13.2 Å². The van der Waals surface area contributed by atoms with Crippen LogP contribution in [0.2, 0.25) is 5.02 Å². The standard InChI is InChI=1S/C10H10BrCl2NO3S/c1-3-14(2)10(15)6-4-7(12)9(11)8(5-6)18(13,16)17/h4-5H,3H2,1-2H3. The predicted octanol–water partition coefficient (Wildman–Crippen LogP) is 3.12. The van der Waals surface area contributed by atoms with Gasteiger partial charge in [-0.05, 0) is 35.0 Å². The highest BCUT2D eigenvalue weighted by Crippen LogP contribution is 2.33. The Bertz CT molecular complexity index is 589. The molecule has 100 valence electrons. The van der Waals surface area contributed by atoms with E-state index in [2.05, 4.69) is 15.9 Å². The van der Waals surface area contributed by atoms with Gasteiger partial charge in [-0.2, -0.15) is 0 Å². The molecule has 0 aliphatic carbocycles. The normalized spacial score (nSPS) is 11.4. The molecule has 0 bridgehead atoms. The van der Waals surface area contributed by atoms with Gasteiger partial charge >= 0.3 is 0 Å². The fraction of sp³-hybridized carbons (Fsp3) is 0.300. The van der Waals surface area contributed by atoms with Crippen LogP contribution in [-0.4, -0.2) is 32.8 Å². The summed E-state index contributed by atoms with van der Waals surface area (Å²) in [6, 6.07) is 2.60. The van der Waals surface area contributed by atoms with Crippen molar-refractivity contribution >= 4 is 53.2 Å². The van der Waals surface area contributed by atoms with Crippen molar-refractivity contribution in [2.45, 2.75) is 11.8 Å². The Kier molecular flexibility index (Phi) is 5.05. The molecule has 0 saturated heterocycles. The molecule has 1 amide bonds. The topological polar surface area (TPSA) is 54.5 Å². The van der Waals surface area contributed by atoms with Gasteiger partial charge in [0.2, 0.25) is 0 Å². The van der Waals surface area contributed by atoms with Gasteiger partial charge in [-0.3, -0.25) is 4.79 Å². The second-order valence-electron chi connectivity index (χ2n) is 3.53. The quantitative estimate of drug-likeness (QED) is 0.763. The summed E-state index contributed by atoms with van der Waals surface area (Å²) < 4.78 is 22.9. The van der Waals surface area contributed by atoms with Crippen molar-refractivity contribution in [1.29, 1.82) is 0 Å². The fourth-order valence-corrected chi connectivity index (χ4v) is 3.61. The highest BCUT2D eigenvalue weighted by molar-refractivity contribution is 9.10. The van der Waals surface area contributed by atoms with Crippen LogP contribution >= 0.6 is 38.2 Å². The van der Waals surface area contributed by atoms with Crippen LogP contribution in [0.3, 0.4) is 0 Å². The maximum atomic E-state index is 11.9. The zero-order chi connectivity index (χ0) is 14.1. The smallest absolute Gasteiger partial charge is 0.262 e. The van der Waals surface area contributed by atoms with E-state index < -0.39 is 9.05 Å². The summed E-state index contributed by atoms with van der Waals surface area (Å²) in [4.78, 5) is 13.1. The van der Waals surface area contributed by atoms with Crippen LogP contribution in [-0.2, 0) is 9.05 Å². The van der Waals surface area contributed by atoms with Crippen LogP contribution in [0.4, 0.5) is 0 Å². The van der Waals surface area contributed by atoms with Crippen molar-refractivity contribution in [2.24, 2.45) is 0 Å². The number of benzene rings is 1. The van der Waals surface area contributed by atoms with E-state index in [9.17, 15) is 13.2 Å². The molecule has 18 heavy (non-hydrogen) atoms. The Morgan fingerprint density at radius 2 is 2.00 bits per heavy atom. The van der Waals surface area contributed by atoms with Gasteiger partial charge in [0.15, 0.2) is 0 Å². The van der Waals surface area contributed by atoms with Gasteiger partial charge in [0.25, 0.3) is 15.0 Å². The van der Waals surface area contributed by atoms with Crippen LogP contribution in [0.5, 0.6) is 0 Å². The molecule has 0 aromatic heterocycles. The average molecular weight is 375 g/mol. The number of carbonyl (C=O) groups is 1. The molecule has 8 heteroatoms. The lowest BCUT2D eigenvalue weighted by molar-refractivity contribution is 0.0802. The number of rotatable bonds is 3. The van der Waals surface area contributed by atoms with E-state index >= 15 is 0 Å². The Morgan fingerprint density at radius 3 is 2.44 bits per heavy atom. The van der Waals surface area contributed by atoms with E-state index in [1.54, 1.807) is 14.0 Å². The highest BCUT2D eigenvalue weighted by Gasteiger charge is 2.21. The van der Waals surface area contributed by atoms with Crippen molar-refractivity contribution in [2.75, 3.05) is 13.6 Å². The molecule has 0 aliphatic heterocycles. The predicted molar refractivity (Wildman–Crippen MR) is 74.8 cm³/mol. The fourth-order valence-electron chi connectivity index (χ4n) is 1.23. The summed E-state index contributed by atoms with van der Waals surface area (Å²) in [5.74, 6) is -0.325. The number of nitrogens with zero attached hydrogens (tertiary/aromatic N) is 1. The molecule has 0 aliphatic rings. The summed E-state index contributed by atoms with van der Waals surface area (Å²) in [6.45, 7) is 2.30. The second kappa shape index (κ2) is 5.77. The summed E-state index contributed by atoms with van der Waals surface area (Å²) in [5, 5.41) is 0.115. The maximum Gasteiger partial charge on any atom is 0.262 e. The molecule has 0 heterocycles. The minimum Gasteiger partial charge on any atom is -0.342 e. The van der Waals surface area contributed by atoms with Gasteiger partial charge in [-0.25, -0.2) is 8.42 Å². The molecule has 0 spiro atoms. The highest BCUT2D eigenvalue weighted by atomic mass is 79.9. The van der Waals surface area contributed by atoms with E-state index in [1.165, 1.54) is 17.0 Å². The lowest BCUT2D eigenvalue weighted by Crippen LogP contribution is -2.26. The zero-order valence-corrected chi connectivity index (χ0v) is 13.5. The van der Waals surface area contributed by atoms with E-state index in [0.29, 0.717) is 6.54 Å². The van der Waals surface area contributed by atoms with E-state index in [-0.39, 0.29) is 25.9 Å². The largest absolute Gasteiger partial charge is 0.342 e. The molecule has 0 radical (unpaired) electrons. The minimum absolute atomic E-state index is 0.115. The first-order valence-corrected chi connectivity index (χ1v) is 8.35. The third-order valence-corrected chi connectivity index (χ3v) is 5.31. The summed E-state index contributed by atoms with van der Waals surface area (Å²) in [7, 11) is 2.91. The number of halogens is 3. The van der Waals surface area contributed by atoms with Crippen LogP contribution in [0, 0.1) is 0 Å². The number of amides is 1. The monoisotopic (exact) mass is 373 g/mol. The summed E-state index contributed by atoms with van der Waals surface area (Å²) in [5.41, 5.74) is 0.173. The van der Waals surface area contributed by atoms with Gasteiger partial charge in [-0.1, -0.05) is 11.6 Å². The molecule has 0 fully saturated rings. The van der Waals surface area contributed by atoms with Crippen LogP contribution in [0.25, 0.3) is 0 Å². The molecule has 0 saturated carbocycles. The van der Waals surface area contributed by atoms with E-state index in [4.69, 9.17) is 22.3 Å². The molecule has 4 nitrogen and oxygen atoms in total. The number of hydrogen-bond acceptors (Lipinski definition) is 3. The van der Waals surface area contributed by atoms with Crippen molar-refractivity contribution in [3.8, 4) is 0 Å². The molecular formula is C10H10BrCl2NO3S. The summed E-state index contributed by atoms with van der Waals surface area (Å²) in [6.07, 6.45) is 0. The van der Waals surface area contributed by atoms with Crippen LogP contribution < -0.4 is 0 Å². The zero-order valence-electron chi connectivity index (χ0n) is 9.58. The van der Waals surface area contributed by atoms with Crippen LogP contribution in [0.15, 0.2) is 21.5 Å². The maximum absolute atomic E-state index is 11.9. The van der Waals surface area contributed by atoms with Crippen molar-refractivity contribution in [3.05, 3.63) is 27.2 Å². The third-order valence-electron chi connectivity index (χ3n) is 2.33. The number of carbonyl (C=O) groups excluding carboxylic acids is 1. The Balaban J connectivity index is 3.43.